The molecule has 21 heavy (non-hydrogen) atoms. The van der Waals surface area contributed by atoms with Gasteiger partial charge in [-0.25, -0.2) is 0 Å². The predicted octanol–water partition coefficient (Wildman–Crippen LogP) is 2.23. The van der Waals surface area contributed by atoms with E-state index in [9.17, 15) is 0 Å². The molecule has 128 valence electrons. The van der Waals surface area contributed by atoms with E-state index in [-0.39, 0.29) is 0 Å². The number of unbranched alkanes of at least 4 members (excludes halogenated alkanes) is 1. The molecule has 1 aliphatic carbocycles. The van der Waals surface area contributed by atoms with E-state index in [1.165, 1.54) is 44.9 Å². The number of hydrogen-bond acceptors (Lipinski definition) is 5. The van der Waals surface area contributed by atoms with Gasteiger partial charge in [0.05, 0.1) is 6.10 Å². The maximum atomic E-state index is 8.74. The number of nitrogens with one attached hydrogen (secondary N) is 1. The van der Waals surface area contributed by atoms with Crippen LogP contribution in [0.3, 0.4) is 0 Å². The molecular formula is C13H29NO5S2. The molecule has 3 N–H and O–H groups in total. The summed E-state index contributed by atoms with van der Waals surface area (Å²) in [5, 5.41) is 3.39. The molecule has 1 fully saturated rings. The van der Waals surface area contributed by atoms with Gasteiger partial charge in [0.15, 0.2) is 0 Å². The van der Waals surface area contributed by atoms with Crippen LogP contribution in [-0.2, 0) is 15.1 Å². The van der Waals surface area contributed by atoms with Gasteiger partial charge in [-0.2, -0.15) is 21.0 Å². The molecule has 0 aromatic rings. The van der Waals surface area contributed by atoms with Crippen molar-refractivity contribution in [2.45, 2.75) is 51.0 Å². The van der Waals surface area contributed by atoms with E-state index in [0.717, 1.165) is 24.8 Å². The molecule has 8 heteroatoms. The lowest BCUT2D eigenvalue weighted by molar-refractivity contribution is 0.0195. The Balaban J connectivity index is 0.000000690. The van der Waals surface area contributed by atoms with Crippen LogP contribution < -0.4 is 5.32 Å². The Hall–Kier alpha value is 0.140. The molecule has 0 aromatic heterocycles. The van der Waals surface area contributed by atoms with E-state index in [4.69, 9.17) is 22.3 Å². The minimum Gasteiger partial charge on any atom is -0.381 e. The second-order valence-corrected chi connectivity index (χ2v) is 6.58. The summed E-state index contributed by atoms with van der Waals surface area (Å²) < 4.78 is 37.2. The minimum absolute atomic E-state index is 0.541. The van der Waals surface area contributed by atoms with Crippen molar-refractivity contribution in [3.63, 3.8) is 0 Å². The summed E-state index contributed by atoms with van der Waals surface area (Å²) in [5.41, 5.74) is 0. The van der Waals surface area contributed by atoms with Crippen LogP contribution in [0.4, 0.5) is 0 Å². The van der Waals surface area contributed by atoms with Crippen molar-refractivity contribution in [1.82, 2.24) is 5.32 Å². The first-order chi connectivity index (χ1) is 9.88. The molecule has 0 aromatic carbocycles. The standard InChI is InChI=1S/C13H27NOS.H2O4S/c1-15-13-8-3-2-6-12(13)7-4-5-9-14-10-11-16;1-5(2,3)4/h12-14,16H,2-11H2,1H3;(H2,1,2,3,4). The zero-order chi connectivity index (χ0) is 16.1. The van der Waals surface area contributed by atoms with E-state index in [2.05, 4.69) is 17.9 Å². The summed E-state index contributed by atoms with van der Waals surface area (Å²) in [4.78, 5) is 0. The Labute approximate surface area is 134 Å². The van der Waals surface area contributed by atoms with Crippen molar-refractivity contribution in [3.05, 3.63) is 0 Å². The van der Waals surface area contributed by atoms with Crippen molar-refractivity contribution in [3.8, 4) is 0 Å². The van der Waals surface area contributed by atoms with Crippen LogP contribution in [0.5, 0.6) is 0 Å². The quantitative estimate of drug-likeness (QED) is 0.307. The molecule has 0 amide bonds. The lowest BCUT2D eigenvalue weighted by Crippen LogP contribution is -2.26. The smallest absolute Gasteiger partial charge is 0.381 e. The van der Waals surface area contributed by atoms with E-state index in [1.807, 2.05) is 7.11 Å². The Bertz CT molecular complexity index is 329. The average molecular weight is 344 g/mol. The molecule has 0 saturated heterocycles. The molecule has 0 radical (unpaired) electrons. The highest BCUT2D eigenvalue weighted by atomic mass is 32.3. The Morgan fingerprint density at radius 3 is 2.38 bits per heavy atom. The molecule has 2 atom stereocenters. The third-order valence-corrected chi connectivity index (χ3v) is 3.83. The molecule has 0 heterocycles. The van der Waals surface area contributed by atoms with Gasteiger partial charge in [0.25, 0.3) is 0 Å². The normalized spacial score (nSPS) is 22.5. The number of rotatable bonds is 8. The molecule has 0 aliphatic heterocycles. The van der Waals surface area contributed by atoms with Gasteiger partial charge in [0.1, 0.15) is 0 Å². The summed E-state index contributed by atoms with van der Waals surface area (Å²) >= 11 is 4.17. The Morgan fingerprint density at radius 1 is 1.19 bits per heavy atom. The topological polar surface area (TPSA) is 95.9 Å². The van der Waals surface area contributed by atoms with Gasteiger partial charge >= 0.3 is 10.4 Å². The van der Waals surface area contributed by atoms with Crippen LogP contribution in [0.2, 0.25) is 0 Å². The summed E-state index contributed by atoms with van der Waals surface area (Å²) in [7, 11) is -2.79. The lowest BCUT2D eigenvalue weighted by Gasteiger charge is -2.30. The van der Waals surface area contributed by atoms with E-state index in [0.29, 0.717) is 6.10 Å². The molecule has 0 bridgehead atoms. The van der Waals surface area contributed by atoms with Crippen molar-refractivity contribution >= 4 is 23.0 Å². The van der Waals surface area contributed by atoms with Gasteiger partial charge < -0.3 is 10.1 Å². The third kappa shape index (κ3) is 14.8. The fourth-order valence-electron chi connectivity index (χ4n) is 2.67. The zero-order valence-corrected chi connectivity index (χ0v) is 14.4. The van der Waals surface area contributed by atoms with Crippen LogP contribution in [0.1, 0.15) is 44.9 Å². The largest absolute Gasteiger partial charge is 0.394 e. The SMILES string of the molecule is COC1CCCCC1CCCCNCCS.O=S(=O)(O)O. The predicted molar refractivity (Wildman–Crippen MR) is 87.5 cm³/mol. The summed E-state index contributed by atoms with van der Waals surface area (Å²) in [6.07, 6.45) is 9.94. The van der Waals surface area contributed by atoms with Crippen molar-refractivity contribution in [2.24, 2.45) is 5.92 Å². The number of ether oxygens (including phenoxy) is 1. The minimum atomic E-state index is -4.67. The van der Waals surface area contributed by atoms with Gasteiger partial charge in [0, 0.05) is 19.4 Å². The van der Waals surface area contributed by atoms with Crippen molar-refractivity contribution in [1.29, 1.82) is 0 Å². The molecular weight excluding hydrogens is 314 g/mol. The maximum Gasteiger partial charge on any atom is 0.394 e. The maximum absolute atomic E-state index is 8.74. The first kappa shape index (κ1) is 21.1. The van der Waals surface area contributed by atoms with E-state index < -0.39 is 10.4 Å². The molecule has 0 spiro atoms. The number of hydrogen-bond donors (Lipinski definition) is 4. The van der Waals surface area contributed by atoms with Crippen LogP contribution in [-0.4, -0.2) is 49.6 Å². The van der Waals surface area contributed by atoms with Gasteiger partial charge in [-0.05, 0) is 38.1 Å². The van der Waals surface area contributed by atoms with Crippen molar-refractivity contribution < 1.29 is 22.3 Å². The molecule has 1 saturated carbocycles. The van der Waals surface area contributed by atoms with Gasteiger partial charge in [-0.15, -0.1) is 0 Å². The van der Waals surface area contributed by atoms with Crippen LogP contribution in [0.15, 0.2) is 0 Å². The Kier molecular flexibility index (Phi) is 12.7. The third-order valence-electron chi connectivity index (χ3n) is 3.61. The fourth-order valence-corrected chi connectivity index (χ4v) is 2.83. The molecule has 2 unspecified atom stereocenters. The zero-order valence-electron chi connectivity index (χ0n) is 12.7. The number of methoxy groups -OCH3 is 1. The molecule has 1 aliphatic rings. The number of thiol groups is 1. The van der Waals surface area contributed by atoms with E-state index >= 15 is 0 Å². The van der Waals surface area contributed by atoms with Gasteiger partial charge in [-0.1, -0.05) is 19.3 Å². The van der Waals surface area contributed by atoms with Gasteiger partial charge in [0.2, 0.25) is 0 Å². The second-order valence-electron chi connectivity index (χ2n) is 5.24. The van der Waals surface area contributed by atoms with Gasteiger partial charge in [-0.3, -0.25) is 9.11 Å². The fraction of sp³-hybridized carbons (Fsp3) is 1.00. The summed E-state index contributed by atoms with van der Waals surface area (Å²) in [5.74, 6) is 1.76. The summed E-state index contributed by atoms with van der Waals surface area (Å²) in [6.45, 7) is 2.18. The van der Waals surface area contributed by atoms with Crippen molar-refractivity contribution in [2.75, 3.05) is 26.0 Å². The first-order valence-electron chi connectivity index (χ1n) is 7.42. The Morgan fingerprint density at radius 2 is 1.81 bits per heavy atom. The van der Waals surface area contributed by atoms with Crippen LogP contribution in [0, 0.1) is 5.92 Å². The average Bonchev–Trinajstić information content (AvgIpc) is 2.41. The molecule has 1 rings (SSSR count). The van der Waals surface area contributed by atoms with Crippen LogP contribution in [0.25, 0.3) is 0 Å². The van der Waals surface area contributed by atoms with E-state index in [1.54, 1.807) is 0 Å². The highest BCUT2D eigenvalue weighted by Gasteiger charge is 2.23. The highest BCUT2D eigenvalue weighted by Crippen LogP contribution is 2.30. The monoisotopic (exact) mass is 343 g/mol. The first-order valence-corrected chi connectivity index (χ1v) is 9.45. The second kappa shape index (κ2) is 12.7. The molecule has 6 nitrogen and oxygen atoms in total. The summed E-state index contributed by atoms with van der Waals surface area (Å²) in [6, 6.07) is 0. The lowest BCUT2D eigenvalue weighted by atomic mass is 9.83. The highest BCUT2D eigenvalue weighted by molar-refractivity contribution is 7.80. The van der Waals surface area contributed by atoms with Crippen LogP contribution >= 0.6 is 12.6 Å².